The molecule has 0 aromatic heterocycles. The van der Waals surface area contributed by atoms with Gasteiger partial charge in [-0.05, 0) is 26.3 Å². The summed E-state index contributed by atoms with van der Waals surface area (Å²) in [6.45, 7) is 3.55. The largest absolute Gasteiger partial charge is 0.314 e. The average molecular weight is 169 g/mol. The number of hydrogen-bond acceptors (Lipinski definition) is 1. The van der Waals surface area contributed by atoms with E-state index < -0.39 is 0 Å². The minimum Gasteiger partial charge on any atom is -0.314 e. The van der Waals surface area contributed by atoms with Crippen LogP contribution in [0.5, 0.6) is 0 Å². The molecule has 1 N–H and O–H groups in total. The molecule has 0 aliphatic carbocycles. The molecule has 1 rings (SSSR count). The van der Waals surface area contributed by atoms with Crippen LogP contribution in [0.2, 0.25) is 0 Å². The van der Waals surface area contributed by atoms with Crippen molar-refractivity contribution in [1.82, 2.24) is 5.32 Å². The van der Waals surface area contributed by atoms with Crippen molar-refractivity contribution in [2.24, 2.45) is 0 Å². The highest BCUT2D eigenvalue weighted by Gasteiger charge is 2.02. The quantitative estimate of drug-likeness (QED) is 0.587. The van der Waals surface area contributed by atoms with E-state index in [9.17, 15) is 0 Å². The van der Waals surface area contributed by atoms with Crippen LogP contribution in [0.15, 0.2) is 0 Å². The summed E-state index contributed by atoms with van der Waals surface area (Å²) >= 11 is 0. The summed E-state index contributed by atoms with van der Waals surface area (Å²) in [4.78, 5) is 0. The molecule has 1 atom stereocenters. The summed E-state index contributed by atoms with van der Waals surface area (Å²) in [7, 11) is 0. The van der Waals surface area contributed by atoms with Gasteiger partial charge >= 0.3 is 0 Å². The molecule has 1 fully saturated rings. The Hall–Kier alpha value is -0.0400. The van der Waals surface area contributed by atoms with E-state index in [1.807, 2.05) is 0 Å². The Morgan fingerprint density at radius 2 is 1.42 bits per heavy atom. The van der Waals surface area contributed by atoms with Gasteiger partial charge in [-0.25, -0.2) is 0 Å². The highest BCUT2D eigenvalue weighted by atomic mass is 14.9. The van der Waals surface area contributed by atoms with Crippen molar-refractivity contribution in [3.63, 3.8) is 0 Å². The molecule has 0 radical (unpaired) electrons. The van der Waals surface area contributed by atoms with Crippen molar-refractivity contribution in [3.8, 4) is 0 Å². The minimum absolute atomic E-state index is 0.753. The molecule has 1 heterocycles. The fourth-order valence-corrected chi connectivity index (χ4v) is 1.91. The van der Waals surface area contributed by atoms with Gasteiger partial charge in [0.1, 0.15) is 0 Å². The standard InChI is InChI=1S/C11H23N/c1-11-9-7-5-3-2-4-6-8-10-12-11/h11-12H,2-10H2,1H3/t11-/m0/s1. The molecule has 72 valence electrons. The monoisotopic (exact) mass is 169 g/mol. The second-order valence-electron chi connectivity index (χ2n) is 4.12. The summed E-state index contributed by atoms with van der Waals surface area (Å²) in [6, 6.07) is 0.753. The Morgan fingerprint density at radius 3 is 2.17 bits per heavy atom. The molecule has 1 aliphatic rings. The van der Waals surface area contributed by atoms with Gasteiger partial charge in [0.25, 0.3) is 0 Å². The number of nitrogens with one attached hydrogen (secondary N) is 1. The van der Waals surface area contributed by atoms with Gasteiger partial charge in [-0.1, -0.05) is 38.5 Å². The molecular weight excluding hydrogens is 146 g/mol. The van der Waals surface area contributed by atoms with E-state index in [2.05, 4.69) is 12.2 Å². The topological polar surface area (TPSA) is 12.0 Å². The van der Waals surface area contributed by atoms with E-state index >= 15 is 0 Å². The third-order valence-corrected chi connectivity index (χ3v) is 2.81. The molecule has 1 saturated heterocycles. The second kappa shape index (κ2) is 6.47. The Bertz CT molecular complexity index is 89.2. The van der Waals surface area contributed by atoms with Crippen LogP contribution in [0.1, 0.15) is 58.3 Å². The third kappa shape index (κ3) is 4.76. The molecule has 0 aromatic rings. The lowest BCUT2D eigenvalue weighted by Crippen LogP contribution is -2.26. The molecular formula is C11H23N. The van der Waals surface area contributed by atoms with Crippen LogP contribution >= 0.6 is 0 Å². The summed E-state index contributed by atoms with van der Waals surface area (Å²) in [5.41, 5.74) is 0. The zero-order valence-electron chi connectivity index (χ0n) is 8.44. The lowest BCUT2D eigenvalue weighted by atomic mass is 10.1. The van der Waals surface area contributed by atoms with Crippen molar-refractivity contribution >= 4 is 0 Å². The Balaban J connectivity index is 2.13. The van der Waals surface area contributed by atoms with Crippen molar-refractivity contribution < 1.29 is 0 Å². The zero-order chi connectivity index (χ0) is 8.65. The van der Waals surface area contributed by atoms with Crippen LogP contribution in [0.25, 0.3) is 0 Å². The molecule has 0 saturated carbocycles. The van der Waals surface area contributed by atoms with E-state index in [1.54, 1.807) is 0 Å². The van der Waals surface area contributed by atoms with E-state index in [4.69, 9.17) is 0 Å². The first-order valence-corrected chi connectivity index (χ1v) is 5.63. The normalized spacial score (nSPS) is 29.2. The molecule has 1 nitrogen and oxygen atoms in total. The van der Waals surface area contributed by atoms with Gasteiger partial charge in [0.2, 0.25) is 0 Å². The van der Waals surface area contributed by atoms with Crippen LogP contribution in [-0.4, -0.2) is 12.6 Å². The van der Waals surface area contributed by atoms with Crippen LogP contribution < -0.4 is 5.32 Å². The van der Waals surface area contributed by atoms with E-state index in [0.29, 0.717) is 0 Å². The van der Waals surface area contributed by atoms with Crippen LogP contribution in [0.3, 0.4) is 0 Å². The predicted molar refractivity (Wildman–Crippen MR) is 54.4 cm³/mol. The van der Waals surface area contributed by atoms with Crippen molar-refractivity contribution in [3.05, 3.63) is 0 Å². The molecule has 0 spiro atoms. The maximum atomic E-state index is 3.58. The summed E-state index contributed by atoms with van der Waals surface area (Å²) in [5, 5.41) is 3.58. The second-order valence-corrected chi connectivity index (χ2v) is 4.12. The maximum Gasteiger partial charge on any atom is 0.00387 e. The highest BCUT2D eigenvalue weighted by Crippen LogP contribution is 2.11. The molecule has 12 heavy (non-hydrogen) atoms. The smallest absolute Gasteiger partial charge is 0.00387 e. The lowest BCUT2D eigenvalue weighted by molar-refractivity contribution is 0.487. The van der Waals surface area contributed by atoms with Gasteiger partial charge < -0.3 is 5.32 Å². The van der Waals surface area contributed by atoms with E-state index in [-0.39, 0.29) is 0 Å². The van der Waals surface area contributed by atoms with Gasteiger partial charge in [0.15, 0.2) is 0 Å². The average Bonchev–Trinajstić information content (AvgIpc) is 2.11. The van der Waals surface area contributed by atoms with Crippen LogP contribution in [-0.2, 0) is 0 Å². The fraction of sp³-hybridized carbons (Fsp3) is 1.00. The van der Waals surface area contributed by atoms with Gasteiger partial charge in [-0.15, -0.1) is 0 Å². The third-order valence-electron chi connectivity index (χ3n) is 2.81. The van der Waals surface area contributed by atoms with Gasteiger partial charge in [-0.3, -0.25) is 0 Å². The van der Waals surface area contributed by atoms with E-state index in [1.165, 1.54) is 57.9 Å². The summed E-state index contributed by atoms with van der Waals surface area (Å²) in [5.74, 6) is 0. The van der Waals surface area contributed by atoms with Gasteiger partial charge in [0, 0.05) is 6.04 Å². The van der Waals surface area contributed by atoms with Crippen LogP contribution in [0, 0.1) is 0 Å². The molecule has 1 aliphatic heterocycles. The van der Waals surface area contributed by atoms with Crippen molar-refractivity contribution in [2.75, 3.05) is 6.54 Å². The SMILES string of the molecule is C[C@H]1CCCCCCCCCN1. The fourth-order valence-electron chi connectivity index (χ4n) is 1.91. The van der Waals surface area contributed by atoms with Crippen molar-refractivity contribution in [1.29, 1.82) is 0 Å². The molecule has 1 heteroatoms. The first kappa shape index (κ1) is 10.0. The summed E-state index contributed by atoms with van der Waals surface area (Å²) < 4.78 is 0. The molecule has 0 amide bonds. The number of hydrogen-bond donors (Lipinski definition) is 1. The number of rotatable bonds is 0. The van der Waals surface area contributed by atoms with Crippen molar-refractivity contribution in [2.45, 2.75) is 64.3 Å². The van der Waals surface area contributed by atoms with Gasteiger partial charge in [-0.2, -0.15) is 0 Å². The minimum atomic E-state index is 0.753. The Kier molecular flexibility index (Phi) is 5.42. The summed E-state index contributed by atoms with van der Waals surface area (Å²) in [6.07, 6.45) is 11.4. The molecule has 0 aromatic carbocycles. The zero-order valence-corrected chi connectivity index (χ0v) is 8.44. The van der Waals surface area contributed by atoms with Crippen LogP contribution in [0.4, 0.5) is 0 Å². The highest BCUT2D eigenvalue weighted by molar-refractivity contribution is 4.62. The maximum absolute atomic E-state index is 3.58. The first-order valence-electron chi connectivity index (χ1n) is 5.63. The molecule has 0 bridgehead atoms. The van der Waals surface area contributed by atoms with Gasteiger partial charge in [0.05, 0.1) is 0 Å². The molecule has 0 unspecified atom stereocenters. The van der Waals surface area contributed by atoms with E-state index in [0.717, 1.165) is 6.04 Å². The first-order chi connectivity index (χ1) is 5.89. The Labute approximate surface area is 76.9 Å². The lowest BCUT2D eigenvalue weighted by Gasteiger charge is -2.12. The predicted octanol–water partition coefficient (Wildman–Crippen LogP) is 3.10. The Morgan fingerprint density at radius 1 is 0.833 bits per heavy atom.